The molecule has 1 saturated carbocycles. The van der Waals surface area contributed by atoms with Gasteiger partial charge in [0.2, 0.25) is 0 Å². The van der Waals surface area contributed by atoms with Gasteiger partial charge in [0.05, 0.1) is 30.2 Å². The van der Waals surface area contributed by atoms with Crippen molar-refractivity contribution < 1.29 is 0 Å². The standard InChI is InChI=1S/C28H28N6/c1-16-8-24(29-13-16)27-31-15-26(34-27)20-6-5-18-9-17(2-4-19(18)10-20)3-7-22-14-30-28(32-22)25-12-21-11-23(21)33-25/h2,4-6,9-10,14-16,21,23-25,29,33H,8,11-13H2,1H3,(H,30,32)(H,31,34)/t16-,21?,23+,24-,25-/m0/s1. The average molecular weight is 449 g/mol. The lowest BCUT2D eigenvalue weighted by atomic mass is 10.0. The van der Waals surface area contributed by atoms with Gasteiger partial charge in [-0.1, -0.05) is 31.0 Å². The van der Waals surface area contributed by atoms with E-state index in [0.29, 0.717) is 24.0 Å². The molecule has 170 valence electrons. The van der Waals surface area contributed by atoms with Gasteiger partial charge in [0.1, 0.15) is 17.3 Å². The Hall–Kier alpha value is -3.40. The molecule has 1 unspecified atom stereocenters. The lowest BCUT2D eigenvalue weighted by Crippen LogP contribution is -2.18. The van der Waals surface area contributed by atoms with Crippen molar-refractivity contribution in [3.8, 4) is 23.1 Å². The van der Waals surface area contributed by atoms with Gasteiger partial charge >= 0.3 is 0 Å². The maximum absolute atomic E-state index is 4.64. The number of fused-ring (bicyclic) bond motifs is 2. The topological polar surface area (TPSA) is 81.4 Å². The van der Waals surface area contributed by atoms with Crippen molar-refractivity contribution in [1.82, 2.24) is 30.6 Å². The van der Waals surface area contributed by atoms with Crippen LogP contribution in [0, 0.1) is 23.7 Å². The molecule has 0 spiro atoms. The summed E-state index contributed by atoms with van der Waals surface area (Å²) in [5, 5.41) is 9.56. The van der Waals surface area contributed by atoms with Gasteiger partial charge in [-0.3, -0.25) is 0 Å². The third-order valence-electron chi connectivity index (χ3n) is 7.57. The van der Waals surface area contributed by atoms with Crippen LogP contribution in [0.2, 0.25) is 0 Å². The number of nitrogens with one attached hydrogen (secondary N) is 4. The Morgan fingerprint density at radius 2 is 1.71 bits per heavy atom. The lowest BCUT2D eigenvalue weighted by Gasteiger charge is -2.08. The third-order valence-corrected chi connectivity index (χ3v) is 7.57. The minimum atomic E-state index is 0.330. The average Bonchev–Trinajstić information content (AvgIpc) is 3.41. The summed E-state index contributed by atoms with van der Waals surface area (Å²) in [6, 6.07) is 14.3. The van der Waals surface area contributed by atoms with Crippen LogP contribution in [0.3, 0.4) is 0 Å². The first-order valence-corrected chi connectivity index (χ1v) is 12.3. The van der Waals surface area contributed by atoms with Crippen LogP contribution in [0.1, 0.15) is 61.2 Å². The van der Waals surface area contributed by atoms with Crippen molar-refractivity contribution in [2.45, 2.75) is 44.3 Å². The molecule has 6 nitrogen and oxygen atoms in total. The molecule has 0 radical (unpaired) electrons. The molecule has 0 amide bonds. The SMILES string of the molecule is C[C@@H]1CN[C@H](c2ncc(-c3ccc4cc(C#Cc5cnc([C@@H]6CC7C[C@H]7N6)[nH]5)ccc4c3)[nH]2)C1. The van der Waals surface area contributed by atoms with Crippen molar-refractivity contribution in [2.24, 2.45) is 11.8 Å². The minimum Gasteiger partial charge on any atom is -0.341 e. The fourth-order valence-electron chi connectivity index (χ4n) is 5.52. The summed E-state index contributed by atoms with van der Waals surface area (Å²) in [5.74, 6) is 10.1. The van der Waals surface area contributed by atoms with Crippen molar-refractivity contribution in [3.63, 3.8) is 0 Å². The van der Waals surface area contributed by atoms with Gasteiger partial charge < -0.3 is 20.6 Å². The fraction of sp³-hybridized carbons (Fsp3) is 0.357. The van der Waals surface area contributed by atoms with Crippen molar-refractivity contribution in [1.29, 1.82) is 0 Å². The summed E-state index contributed by atoms with van der Waals surface area (Å²) >= 11 is 0. The van der Waals surface area contributed by atoms with E-state index in [1.165, 1.54) is 23.6 Å². The van der Waals surface area contributed by atoms with Crippen LogP contribution >= 0.6 is 0 Å². The molecule has 34 heavy (non-hydrogen) atoms. The van der Waals surface area contributed by atoms with E-state index in [2.05, 4.69) is 85.7 Å². The highest BCUT2D eigenvalue weighted by Gasteiger charge is 2.46. The zero-order valence-electron chi connectivity index (χ0n) is 19.2. The molecule has 6 heteroatoms. The highest BCUT2D eigenvalue weighted by molar-refractivity contribution is 5.88. The minimum absolute atomic E-state index is 0.330. The normalized spacial score (nSPS) is 27.5. The van der Waals surface area contributed by atoms with Crippen LogP contribution in [0.5, 0.6) is 0 Å². The summed E-state index contributed by atoms with van der Waals surface area (Å²) in [6.45, 7) is 3.34. The van der Waals surface area contributed by atoms with Gasteiger partial charge in [-0.2, -0.15) is 0 Å². The molecule has 4 heterocycles. The Kier molecular flexibility index (Phi) is 4.61. The molecule has 5 atom stereocenters. The number of imidazole rings is 2. The van der Waals surface area contributed by atoms with E-state index >= 15 is 0 Å². The second kappa shape index (κ2) is 7.83. The monoisotopic (exact) mass is 448 g/mol. The molecule has 0 bridgehead atoms. The summed E-state index contributed by atoms with van der Waals surface area (Å²) in [6.07, 6.45) is 7.44. The van der Waals surface area contributed by atoms with Gasteiger partial charge in [0.15, 0.2) is 0 Å². The van der Waals surface area contributed by atoms with Crippen LogP contribution in [0.25, 0.3) is 22.0 Å². The number of H-pyrrole nitrogens is 2. The Balaban J connectivity index is 1.08. The maximum Gasteiger partial charge on any atom is 0.124 e. The van der Waals surface area contributed by atoms with Gasteiger partial charge in [0.25, 0.3) is 0 Å². The first-order chi connectivity index (χ1) is 16.7. The quantitative estimate of drug-likeness (QED) is 0.349. The van der Waals surface area contributed by atoms with Gasteiger partial charge in [-0.05, 0) is 72.5 Å². The van der Waals surface area contributed by atoms with Crippen LogP contribution in [-0.2, 0) is 0 Å². The number of aromatic nitrogens is 4. The summed E-state index contributed by atoms with van der Waals surface area (Å²) in [4.78, 5) is 16.1. The molecule has 2 aromatic carbocycles. The molecular formula is C28H28N6. The molecule has 3 fully saturated rings. The summed E-state index contributed by atoms with van der Waals surface area (Å²) in [7, 11) is 0. The lowest BCUT2D eigenvalue weighted by molar-refractivity contribution is 0.543. The van der Waals surface area contributed by atoms with E-state index in [0.717, 1.165) is 53.0 Å². The highest BCUT2D eigenvalue weighted by atomic mass is 15.1. The Morgan fingerprint density at radius 3 is 2.56 bits per heavy atom. The van der Waals surface area contributed by atoms with E-state index in [1.807, 2.05) is 12.4 Å². The molecule has 3 aliphatic rings. The smallest absolute Gasteiger partial charge is 0.124 e. The highest BCUT2D eigenvalue weighted by Crippen LogP contribution is 2.45. The molecular weight excluding hydrogens is 420 g/mol. The van der Waals surface area contributed by atoms with E-state index in [1.54, 1.807) is 0 Å². The zero-order chi connectivity index (χ0) is 22.6. The molecule has 2 aromatic heterocycles. The van der Waals surface area contributed by atoms with Gasteiger partial charge in [-0.25, -0.2) is 9.97 Å². The van der Waals surface area contributed by atoms with Crippen LogP contribution in [0.4, 0.5) is 0 Å². The van der Waals surface area contributed by atoms with E-state index < -0.39 is 0 Å². The van der Waals surface area contributed by atoms with Crippen molar-refractivity contribution in [2.75, 3.05) is 6.54 Å². The van der Waals surface area contributed by atoms with Crippen molar-refractivity contribution in [3.05, 3.63) is 71.7 Å². The molecule has 7 rings (SSSR count). The molecule has 1 aliphatic carbocycles. The number of nitrogens with zero attached hydrogens (tertiary/aromatic N) is 2. The summed E-state index contributed by atoms with van der Waals surface area (Å²) in [5.41, 5.74) is 4.08. The third kappa shape index (κ3) is 3.71. The largest absolute Gasteiger partial charge is 0.341 e. The number of rotatable bonds is 3. The van der Waals surface area contributed by atoms with E-state index in [-0.39, 0.29) is 0 Å². The Labute approximate surface area is 199 Å². The number of piperidine rings is 1. The Bertz CT molecular complexity index is 1430. The second-order valence-corrected chi connectivity index (χ2v) is 10.2. The zero-order valence-corrected chi connectivity index (χ0v) is 19.2. The molecule has 4 aromatic rings. The number of benzene rings is 2. The van der Waals surface area contributed by atoms with Crippen LogP contribution in [-0.4, -0.2) is 32.5 Å². The van der Waals surface area contributed by atoms with Crippen molar-refractivity contribution >= 4 is 10.8 Å². The first-order valence-electron chi connectivity index (χ1n) is 12.3. The summed E-state index contributed by atoms with van der Waals surface area (Å²) < 4.78 is 0. The number of hydrogen-bond donors (Lipinski definition) is 4. The molecule has 2 aliphatic heterocycles. The molecule has 4 N–H and O–H groups in total. The second-order valence-electron chi connectivity index (χ2n) is 10.2. The predicted molar refractivity (Wildman–Crippen MR) is 133 cm³/mol. The van der Waals surface area contributed by atoms with Gasteiger partial charge in [0, 0.05) is 17.2 Å². The van der Waals surface area contributed by atoms with Crippen LogP contribution < -0.4 is 10.6 Å². The number of hydrogen-bond acceptors (Lipinski definition) is 4. The Morgan fingerprint density at radius 1 is 0.853 bits per heavy atom. The van der Waals surface area contributed by atoms with Crippen LogP contribution in [0.15, 0.2) is 48.8 Å². The molecule has 2 saturated heterocycles. The van der Waals surface area contributed by atoms with Gasteiger partial charge in [-0.15, -0.1) is 0 Å². The number of aromatic amines is 2. The first kappa shape index (κ1) is 20.0. The van der Waals surface area contributed by atoms with E-state index in [4.69, 9.17) is 0 Å². The van der Waals surface area contributed by atoms with E-state index in [9.17, 15) is 0 Å². The maximum atomic E-state index is 4.64. The fourth-order valence-corrected chi connectivity index (χ4v) is 5.52. The predicted octanol–water partition coefficient (Wildman–Crippen LogP) is 4.45.